The van der Waals surface area contributed by atoms with Crippen molar-refractivity contribution in [2.45, 2.75) is 58.0 Å². The zero-order valence-electron chi connectivity index (χ0n) is 20.1. The summed E-state index contributed by atoms with van der Waals surface area (Å²) in [6.07, 6.45) is 6.83. The maximum absolute atomic E-state index is 13.0. The molecule has 1 unspecified atom stereocenters. The van der Waals surface area contributed by atoms with Gasteiger partial charge in [0.15, 0.2) is 5.78 Å². The van der Waals surface area contributed by atoms with Crippen LogP contribution in [0, 0.1) is 5.92 Å². The summed E-state index contributed by atoms with van der Waals surface area (Å²) in [5.41, 5.74) is 5.61. The molecule has 0 saturated heterocycles. The van der Waals surface area contributed by atoms with Gasteiger partial charge in [0.05, 0.1) is 18.7 Å². The highest BCUT2D eigenvalue weighted by molar-refractivity contribution is 6.11. The molecule has 3 aromatic carbocycles. The number of Topliss-reactive ketones (excluding diaryl/α,β-unsaturated/α-hetero) is 1. The first-order valence-electron chi connectivity index (χ1n) is 12.5. The summed E-state index contributed by atoms with van der Waals surface area (Å²) in [5.74, 6) is 1.56. The molecule has 1 saturated carbocycles. The SMILES string of the molecule is CCC(O)c1cc(-c2cccc(OC)c2)cc2c1[nH]c1cc(C(=O)CC3CCCCC3)ccc12. The van der Waals surface area contributed by atoms with Crippen LogP contribution in [0.2, 0.25) is 0 Å². The Labute approximate surface area is 201 Å². The number of methoxy groups -OCH3 is 1. The first-order chi connectivity index (χ1) is 16.6. The Kier molecular flexibility index (Phi) is 6.42. The van der Waals surface area contributed by atoms with Crippen molar-refractivity contribution in [3.8, 4) is 16.9 Å². The topological polar surface area (TPSA) is 62.3 Å². The third-order valence-corrected chi connectivity index (χ3v) is 7.41. The molecule has 5 rings (SSSR count). The van der Waals surface area contributed by atoms with Gasteiger partial charge in [0.2, 0.25) is 0 Å². The van der Waals surface area contributed by atoms with Crippen molar-refractivity contribution < 1.29 is 14.6 Å². The van der Waals surface area contributed by atoms with Gasteiger partial charge in [0.1, 0.15) is 5.75 Å². The molecule has 4 nitrogen and oxygen atoms in total. The Morgan fingerprint density at radius 2 is 1.85 bits per heavy atom. The molecule has 2 N–H and O–H groups in total. The molecule has 0 bridgehead atoms. The fourth-order valence-electron chi connectivity index (χ4n) is 5.43. The third-order valence-electron chi connectivity index (χ3n) is 7.41. The zero-order valence-corrected chi connectivity index (χ0v) is 20.1. The number of ether oxygens (including phenoxy) is 1. The lowest BCUT2D eigenvalue weighted by atomic mass is 9.84. The summed E-state index contributed by atoms with van der Waals surface area (Å²) < 4.78 is 5.42. The first-order valence-corrected chi connectivity index (χ1v) is 12.5. The number of hydrogen-bond acceptors (Lipinski definition) is 3. The van der Waals surface area contributed by atoms with Gasteiger partial charge >= 0.3 is 0 Å². The smallest absolute Gasteiger partial charge is 0.163 e. The van der Waals surface area contributed by atoms with E-state index in [-0.39, 0.29) is 5.78 Å². The van der Waals surface area contributed by atoms with Crippen LogP contribution >= 0.6 is 0 Å². The maximum Gasteiger partial charge on any atom is 0.163 e. The van der Waals surface area contributed by atoms with Gasteiger partial charge in [0, 0.05) is 33.8 Å². The molecule has 34 heavy (non-hydrogen) atoms. The molecule has 0 radical (unpaired) electrons. The molecule has 1 aliphatic rings. The Hall–Kier alpha value is -3.11. The molecule has 1 fully saturated rings. The molecule has 176 valence electrons. The third kappa shape index (κ3) is 4.35. The Bertz CT molecular complexity index is 1330. The largest absolute Gasteiger partial charge is 0.497 e. The number of H-pyrrole nitrogens is 1. The average molecular weight is 456 g/mol. The van der Waals surface area contributed by atoms with Crippen molar-refractivity contribution in [3.05, 3.63) is 65.7 Å². The monoisotopic (exact) mass is 455 g/mol. The molecule has 4 heteroatoms. The number of fused-ring (bicyclic) bond motifs is 3. The van der Waals surface area contributed by atoms with E-state index in [0.29, 0.717) is 18.8 Å². The highest BCUT2D eigenvalue weighted by atomic mass is 16.5. The highest BCUT2D eigenvalue weighted by Gasteiger charge is 2.20. The number of rotatable bonds is 7. The minimum atomic E-state index is -0.575. The normalized spacial score (nSPS) is 15.6. The van der Waals surface area contributed by atoms with E-state index in [1.54, 1.807) is 7.11 Å². The van der Waals surface area contributed by atoms with E-state index in [1.165, 1.54) is 32.1 Å². The molecule has 0 amide bonds. The van der Waals surface area contributed by atoms with E-state index >= 15 is 0 Å². The van der Waals surface area contributed by atoms with E-state index in [0.717, 1.165) is 49.8 Å². The van der Waals surface area contributed by atoms with Gasteiger partial charge in [0.25, 0.3) is 0 Å². The quantitative estimate of drug-likeness (QED) is 0.282. The molecule has 1 atom stereocenters. The van der Waals surface area contributed by atoms with Crippen LogP contribution in [-0.4, -0.2) is 23.0 Å². The summed E-state index contributed by atoms with van der Waals surface area (Å²) >= 11 is 0. The fraction of sp³-hybridized carbons (Fsp3) is 0.367. The van der Waals surface area contributed by atoms with E-state index in [9.17, 15) is 9.90 Å². The van der Waals surface area contributed by atoms with Crippen molar-refractivity contribution in [1.29, 1.82) is 0 Å². The van der Waals surface area contributed by atoms with Gasteiger partial charge < -0.3 is 14.8 Å². The summed E-state index contributed by atoms with van der Waals surface area (Å²) in [7, 11) is 1.67. The molecule has 1 aliphatic carbocycles. The molecule has 1 heterocycles. The number of carbonyl (C=O) groups excluding carboxylic acids is 1. The van der Waals surface area contributed by atoms with Crippen molar-refractivity contribution in [1.82, 2.24) is 4.98 Å². The van der Waals surface area contributed by atoms with Crippen LogP contribution in [-0.2, 0) is 0 Å². The standard InChI is InChI=1S/C30H33NO3/c1-3-28(32)26-17-22(20-10-7-11-23(15-20)34-2)16-25-24-13-12-21(18-27(24)31-30(25)26)29(33)14-19-8-5-4-6-9-19/h7,10-13,15-19,28,31-32H,3-6,8-9,14H2,1-2H3. The predicted molar refractivity (Wildman–Crippen MR) is 139 cm³/mol. The van der Waals surface area contributed by atoms with Crippen LogP contribution in [0.4, 0.5) is 0 Å². The van der Waals surface area contributed by atoms with Gasteiger partial charge in [-0.25, -0.2) is 0 Å². The molecular weight excluding hydrogens is 422 g/mol. The lowest BCUT2D eigenvalue weighted by Crippen LogP contribution is -2.12. The number of ketones is 1. The lowest BCUT2D eigenvalue weighted by molar-refractivity contribution is 0.0950. The van der Waals surface area contributed by atoms with Crippen molar-refractivity contribution in [2.24, 2.45) is 5.92 Å². The van der Waals surface area contributed by atoms with Crippen LogP contribution in [0.15, 0.2) is 54.6 Å². The Morgan fingerprint density at radius 1 is 1.03 bits per heavy atom. The van der Waals surface area contributed by atoms with Crippen molar-refractivity contribution in [3.63, 3.8) is 0 Å². The van der Waals surface area contributed by atoms with Crippen LogP contribution in [0.5, 0.6) is 5.75 Å². The lowest BCUT2D eigenvalue weighted by Gasteiger charge is -2.20. The Balaban J connectivity index is 1.58. The highest BCUT2D eigenvalue weighted by Crippen LogP contribution is 2.37. The van der Waals surface area contributed by atoms with Gasteiger partial charge in [-0.3, -0.25) is 4.79 Å². The summed E-state index contributed by atoms with van der Waals surface area (Å²) in [5, 5.41) is 13.0. The molecular formula is C30H33NO3. The van der Waals surface area contributed by atoms with Gasteiger partial charge in [-0.2, -0.15) is 0 Å². The zero-order chi connectivity index (χ0) is 23.7. The number of aromatic amines is 1. The second-order valence-corrected chi connectivity index (χ2v) is 9.66. The predicted octanol–water partition coefficient (Wildman–Crippen LogP) is 7.59. The van der Waals surface area contributed by atoms with Crippen LogP contribution < -0.4 is 4.74 Å². The first kappa shape index (κ1) is 22.7. The van der Waals surface area contributed by atoms with Crippen molar-refractivity contribution in [2.75, 3.05) is 7.11 Å². The summed E-state index contributed by atoms with van der Waals surface area (Å²) in [4.78, 5) is 16.6. The van der Waals surface area contributed by atoms with Crippen LogP contribution in [0.1, 0.15) is 73.9 Å². The average Bonchev–Trinajstić information content (AvgIpc) is 3.26. The number of nitrogens with one attached hydrogen (secondary N) is 1. The Morgan fingerprint density at radius 3 is 2.62 bits per heavy atom. The van der Waals surface area contributed by atoms with Gasteiger partial charge in [-0.1, -0.05) is 63.3 Å². The van der Waals surface area contributed by atoms with E-state index in [2.05, 4.69) is 29.2 Å². The summed E-state index contributed by atoms with van der Waals surface area (Å²) in [6.45, 7) is 1.99. The minimum Gasteiger partial charge on any atom is -0.497 e. The van der Waals surface area contributed by atoms with Crippen LogP contribution in [0.3, 0.4) is 0 Å². The molecule has 0 spiro atoms. The minimum absolute atomic E-state index is 0.235. The number of benzene rings is 3. The van der Waals surface area contributed by atoms with Crippen LogP contribution in [0.25, 0.3) is 32.9 Å². The number of aliphatic hydroxyl groups is 1. The van der Waals surface area contributed by atoms with E-state index in [4.69, 9.17) is 4.74 Å². The number of aromatic nitrogens is 1. The fourth-order valence-corrected chi connectivity index (χ4v) is 5.43. The summed E-state index contributed by atoms with van der Waals surface area (Å²) in [6, 6.07) is 18.2. The van der Waals surface area contributed by atoms with E-state index < -0.39 is 6.10 Å². The number of carbonyl (C=O) groups is 1. The number of aliphatic hydroxyl groups excluding tert-OH is 1. The number of hydrogen-bond donors (Lipinski definition) is 2. The second kappa shape index (κ2) is 9.63. The molecule has 1 aromatic heterocycles. The second-order valence-electron chi connectivity index (χ2n) is 9.66. The van der Waals surface area contributed by atoms with Gasteiger partial charge in [-0.15, -0.1) is 0 Å². The van der Waals surface area contributed by atoms with Crippen molar-refractivity contribution >= 4 is 27.6 Å². The van der Waals surface area contributed by atoms with E-state index in [1.807, 2.05) is 37.3 Å². The van der Waals surface area contributed by atoms with Gasteiger partial charge in [-0.05, 0) is 53.8 Å². The molecule has 0 aliphatic heterocycles. The molecule has 4 aromatic rings. The maximum atomic E-state index is 13.0.